The summed E-state index contributed by atoms with van der Waals surface area (Å²) < 4.78 is 39.6. The van der Waals surface area contributed by atoms with Gasteiger partial charge in [-0.15, -0.1) is 11.8 Å². The minimum Gasteiger partial charge on any atom is -0.496 e. The molecule has 2 N–H and O–H groups in total. The van der Waals surface area contributed by atoms with Crippen molar-refractivity contribution in [1.29, 1.82) is 0 Å². The molecule has 0 saturated heterocycles. The van der Waals surface area contributed by atoms with Crippen LogP contribution in [0.3, 0.4) is 0 Å². The number of benzene rings is 1. The van der Waals surface area contributed by atoms with Gasteiger partial charge in [0.25, 0.3) is 0 Å². The lowest BCUT2D eigenvalue weighted by Crippen LogP contribution is -2.23. The molecule has 6 nitrogen and oxygen atoms in total. The van der Waals surface area contributed by atoms with E-state index in [4.69, 9.17) is 31.2 Å². The first-order chi connectivity index (χ1) is 18.7. The number of carboxylic acids is 1. The fourth-order valence-electron chi connectivity index (χ4n) is 5.08. The average Bonchev–Trinajstić information content (AvgIpc) is 3.27. The monoisotopic (exact) mass is 583 g/mol. The second-order valence-corrected chi connectivity index (χ2v) is 11.7. The minimum absolute atomic E-state index is 0.482. The van der Waals surface area contributed by atoms with Gasteiger partial charge in [0.2, 0.25) is 0 Å². The third kappa shape index (κ3) is 7.75. The molecular weight excluding hydrogens is 551 g/mol. The average molecular weight is 584 g/mol. The van der Waals surface area contributed by atoms with Crippen LogP contribution < -0.4 is 10.1 Å². The molecule has 3 aromatic rings. The van der Waals surface area contributed by atoms with Crippen molar-refractivity contribution in [1.82, 2.24) is 9.38 Å². The topological polar surface area (TPSA) is 75.9 Å². The highest BCUT2D eigenvalue weighted by Crippen LogP contribution is 2.41. The Hall–Kier alpha value is -2.59. The van der Waals surface area contributed by atoms with Gasteiger partial charge in [-0.1, -0.05) is 50.1 Å². The molecule has 39 heavy (non-hydrogen) atoms. The molecule has 212 valence electrons. The number of hydrogen-bond donors (Lipinski definition) is 2. The van der Waals surface area contributed by atoms with E-state index in [1.54, 1.807) is 7.11 Å². The summed E-state index contributed by atoms with van der Waals surface area (Å²) in [5.74, 6) is -0.751. The number of thioether (sulfide) groups is 1. The van der Waals surface area contributed by atoms with Crippen LogP contribution in [0.1, 0.15) is 64.2 Å². The van der Waals surface area contributed by atoms with Gasteiger partial charge in [-0.2, -0.15) is 13.2 Å². The van der Waals surface area contributed by atoms with Crippen LogP contribution in [0.4, 0.5) is 19.0 Å². The van der Waals surface area contributed by atoms with Crippen molar-refractivity contribution in [2.24, 2.45) is 0 Å². The van der Waals surface area contributed by atoms with Gasteiger partial charge in [0.15, 0.2) is 0 Å². The van der Waals surface area contributed by atoms with Crippen molar-refractivity contribution in [3.63, 3.8) is 0 Å². The molecule has 2 aliphatic rings. The van der Waals surface area contributed by atoms with Crippen molar-refractivity contribution >= 4 is 40.8 Å². The molecule has 5 rings (SSSR count). The van der Waals surface area contributed by atoms with Crippen LogP contribution in [0.25, 0.3) is 16.9 Å². The minimum atomic E-state index is -5.08. The number of carbonyl (C=O) groups is 1. The zero-order chi connectivity index (χ0) is 28.0. The van der Waals surface area contributed by atoms with Gasteiger partial charge < -0.3 is 15.2 Å². The van der Waals surface area contributed by atoms with Crippen LogP contribution in [-0.2, 0) is 4.79 Å². The number of nitrogens with one attached hydrogen (secondary N) is 1. The van der Waals surface area contributed by atoms with E-state index < -0.39 is 12.1 Å². The van der Waals surface area contributed by atoms with Crippen molar-refractivity contribution < 1.29 is 27.8 Å². The number of fused-ring (bicyclic) bond motifs is 1. The van der Waals surface area contributed by atoms with Gasteiger partial charge in [-0.25, -0.2) is 9.78 Å². The van der Waals surface area contributed by atoms with Gasteiger partial charge in [-0.05, 0) is 56.0 Å². The molecule has 2 aliphatic carbocycles. The zero-order valence-electron chi connectivity index (χ0n) is 21.8. The van der Waals surface area contributed by atoms with Crippen LogP contribution >= 0.6 is 23.4 Å². The molecule has 2 saturated carbocycles. The first-order valence-electron chi connectivity index (χ1n) is 13.2. The maximum absolute atomic E-state index is 10.6. The summed E-state index contributed by atoms with van der Waals surface area (Å²) >= 11 is 8.34. The second kappa shape index (κ2) is 13.2. The quantitative estimate of drug-likeness (QED) is 0.303. The molecule has 0 unspecified atom stereocenters. The number of alkyl halides is 3. The highest BCUT2D eigenvalue weighted by atomic mass is 35.5. The van der Waals surface area contributed by atoms with E-state index in [0.29, 0.717) is 11.3 Å². The number of aromatic nitrogens is 2. The Labute approximate surface area is 235 Å². The summed E-state index contributed by atoms with van der Waals surface area (Å²) in [5, 5.41) is 12.3. The van der Waals surface area contributed by atoms with Crippen LogP contribution in [0.15, 0.2) is 41.4 Å². The molecule has 0 spiro atoms. The molecule has 2 aromatic heterocycles. The number of anilines is 1. The number of imidazole rings is 1. The summed E-state index contributed by atoms with van der Waals surface area (Å²) in [4.78, 5) is 15.1. The second-order valence-electron chi connectivity index (χ2n) is 9.91. The molecule has 2 fully saturated rings. The molecule has 0 aliphatic heterocycles. The van der Waals surface area contributed by atoms with E-state index in [-0.39, 0.29) is 0 Å². The smallest absolute Gasteiger partial charge is 0.490 e. The number of halogens is 4. The first-order valence-corrected chi connectivity index (χ1v) is 14.5. The lowest BCUT2D eigenvalue weighted by molar-refractivity contribution is -0.192. The van der Waals surface area contributed by atoms with Gasteiger partial charge in [0.1, 0.15) is 22.9 Å². The Morgan fingerprint density at radius 1 is 1.08 bits per heavy atom. The van der Waals surface area contributed by atoms with E-state index in [9.17, 15) is 13.2 Å². The Morgan fingerprint density at radius 3 is 2.33 bits per heavy atom. The van der Waals surface area contributed by atoms with Crippen LogP contribution in [-0.4, -0.2) is 45.0 Å². The summed E-state index contributed by atoms with van der Waals surface area (Å²) in [7, 11) is 1.77. The molecule has 0 radical (unpaired) electrons. The van der Waals surface area contributed by atoms with E-state index in [2.05, 4.69) is 27.9 Å². The third-order valence-corrected chi connectivity index (χ3v) is 8.66. The number of nitrogens with zero attached hydrogens (tertiary/aromatic N) is 2. The highest BCUT2D eigenvalue weighted by molar-refractivity contribution is 8.00. The molecule has 1 aromatic carbocycles. The molecule has 2 heterocycles. The van der Waals surface area contributed by atoms with Crippen molar-refractivity contribution in [2.45, 2.75) is 86.6 Å². The van der Waals surface area contributed by atoms with Gasteiger partial charge in [0, 0.05) is 23.1 Å². The number of ether oxygens (including phenoxy) is 1. The van der Waals surface area contributed by atoms with E-state index in [1.807, 2.05) is 30.1 Å². The number of rotatable bonds is 6. The van der Waals surface area contributed by atoms with Crippen LogP contribution in [0.5, 0.6) is 5.75 Å². The SMILES string of the molecule is COc1ccc(-c2nc3ccc(Cl)cn3c2NC2CCCCC2)cc1SC1CCCCC1.O=C(O)C(F)(F)F. The van der Waals surface area contributed by atoms with Crippen molar-refractivity contribution in [3.05, 3.63) is 41.6 Å². The lowest BCUT2D eigenvalue weighted by Gasteiger charge is -2.24. The number of pyridine rings is 1. The zero-order valence-corrected chi connectivity index (χ0v) is 23.3. The summed E-state index contributed by atoms with van der Waals surface area (Å²) in [5.41, 5.74) is 3.04. The van der Waals surface area contributed by atoms with Crippen molar-refractivity contribution in [3.8, 4) is 17.0 Å². The maximum Gasteiger partial charge on any atom is 0.490 e. The molecule has 0 amide bonds. The van der Waals surface area contributed by atoms with E-state index >= 15 is 0 Å². The summed E-state index contributed by atoms with van der Waals surface area (Å²) in [6.45, 7) is 0. The molecule has 11 heteroatoms. The normalized spacial score (nSPS) is 16.9. The Morgan fingerprint density at radius 2 is 1.72 bits per heavy atom. The van der Waals surface area contributed by atoms with E-state index in [0.717, 1.165) is 33.5 Å². The largest absolute Gasteiger partial charge is 0.496 e. The first kappa shape index (κ1) is 29.4. The summed E-state index contributed by atoms with van der Waals surface area (Å²) in [6.07, 6.45) is 9.84. The van der Waals surface area contributed by atoms with Crippen molar-refractivity contribution in [2.75, 3.05) is 12.4 Å². The maximum atomic E-state index is 10.6. The van der Waals surface area contributed by atoms with Crippen LogP contribution in [0, 0.1) is 0 Å². The highest BCUT2D eigenvalue weighted by Gasteiger charge is 2.38. The number of methoxy groups -OCH3 is 1. The predicted molar refractivity (Wildman–Crippen MR) is 149 cm³/mol. The summed E-state index contributed by atoms with van der Waals surface area (Å²) in [6, 6.07) is 10.9. The Bertz CT molecular complexity index is 1270. The Balaban J connectivity index is 0.000000448. The Kier molecular flexibility index (Phi) is 9.93. The number of carboxylic acid groups (broad SMARTS) is 1. The van der Waals surface area contributed by atoms with E-state index in [1.165, 1.54) is 69.1 Å². The predicted octanol–water partition coefficient (Wildman–Crippen LogP) is 8.47. The molecule has 0 bridgehead atoms. The van der Waals surface area contributed by atoms with Gasteiger partial charge >= 0.3 is 12.1 Å². The fourth-order valence-corrected chi connectivity index (χ4v) is 6.63. The van der Waals surface area contributed by atoms with Gasteiger partial charge in [0.05, 0.1) is 17.0 Å². The fraction of sp³-hybridized carbons (Fsp3) is 0.500. The third-order valence-electron chi connectivity index (χ3n) is 7.05. The molecular formula is C28H33ClF3N3O3S. The number of aliphatic carboxylic acids is 1. The standard InChI is InChI=1S/C26H32ClN3OS.C2HF3O2/c1-31-22-14-12-18(16-23(22)32-21-10-6-3-7-11-21)25-26(28-20-8-4-2-5-9-20)30-17-19(27)13-15-24(30)29-25;3-2(4,5)1(6)7/h12-17,20-21,28H,2-11H2,1H3;(H,6,7). The molecule has 0 atom stereocenters. The number of hydrogen-bond acceptors (Lipinski definition) is 5. The van der Waals surface area contributed by atoms with Crippen LogP contribution in [0.2, 0.25) is 5.02 Å². The lowest BCUT2D eigenvalue weighted by atomic mass is 9.95. The van der Waals surface area contributed by atoms with Gasteiger partial charge in [-0.3, -0.25) is 4.40 Å².